The molecule has 1 aliphatic rings. The maximum absolute atomic E-state index is 12.1. The fourth-order valence-electron chi connectivity index (χ4n) is 1.95. The van der Waals surface area contributed by atoms with Crippen LogP contribution in [0.5, 0.6) is 0 Å². The molecule has 0 amide bonds. The monoisotopic (exact) mass is 272 g/mol. The minimum atomic E-state index is -3.68. The van der Waals surface area contributed by atoms with E-state index in [2.05, 4.69) is 9.71 Å². The number of rotatable bonds is 5. The molecule has 0 bridgehead atoms. The molecule has 1 aromatic heterocycles. The number of carboxylic acid groups (broad SMARTS) is 1. The van der Waals surface area contributed by atoms with Crippen molar-refractivity contribution in [2.24, 2.45) is 5.92 Å². The van der Waals surface area contributed by atoms with Crippen LogP contribution in [0, 0.1) is 5.92 Å². The van der Waals surface area contributed by atoms with Crippen molar-refractivity contribution in [3.05, 3.63) is 18.0 Å². The number of aromatic amines is 1. The predicted molar refractivity (Wildman–Crippen MR) is 64.9 cm³/mol. The van der Waals surface area contributed by atoms with Crippen molar-refractivity contribution in [2.45, 2.75) is 37.1 Å². The van der Waals surface area contributed by atoms with Gasteiger partial charge in [-0.2, -0.15) is 0 Å². The Morgan fingerprint density at radius 2 is 2.11 bits per heavy atom. The van der Waals surface area contributed by atoms with Crippen molar-refractivity contribution < 1.29 is 18.3 Å². The zero-order valence-corrected chi connectivity index (χ0v) is 11.0. The van der Waals surface area contributed by atoms with Gasteiger partial charge < -0.3 is 10.1 Å². The van der Waals surface area contributed by atoms with Crippen LogP contribution in [-0.4, -0.2) is 30.0 Å². The van der Waals surface area contributed by atoms with Gasteiger partial charge in [-0.05, 0) is 38.7 Å². The molecule has 3 N–H and O–H groups in total. The molecule has 0 radical (unpaired) electrons. The van der Waals surface area contributed by atoms with Gasteiger partial charge in [0.05, 0.1) is 0 Å². The summed E-state index contributed by atoms with van der Waals surface area (Å²) in [6, 6.07) is 1.12. The van der Waals surface area contributed by atoms with E-state index in [4.69, 9.17) is 5.11 Å². The van der Waals surface area contributed by atoms with Crippen molar-refractivity contribution in [1.82, 2.24) is 9.71 Å². The summed E-state index contributed by atoms with van der Waals surface area (Å²) in [6.07, 6.45) is 3.22. The fraction of sp³-hybridized carbons (Fsp3) is 0.545. The Hall–Kier alpha value is -1.34. The Kier molecular flexibility index (Phi) is 2.98. The van der Waals surface area contributed by atoms with Crippen LogP contribution in [0.3, 0.4) is 0 Å². The molecule has 0 spiro atoms. The first-order valence-electron chi connectivity index (χ1n) is 5.68. The molecule has 0 aromatic carbocycles. The Bertz CT molecular complexity index is 570. The van der Waals surface area contributed by atoms with E-state index in [0.29, 0.717) is 5.92 Å². The van der Waals surface area contributed by atoms with Crippen LogP contribution in [-0.2, 0) is 10.0 Å². The van der Waals surface area contributed by atoms with E-state index in [1.807, 2.05) is 13.8 Å². The van der Waals surface area contributed by atoms with E-state index in [1.165, 1.54) is 6.20 Å². The number of hydrogen-bond donors (Lipinski definition) is 3. The average Bonchev–Trinajstić information content (AvgIpc) is 2.94. The van der Waals surface area contributed by atoms with Crippen LogP contribution < -0.4 is 4.72 Å². The molecular weight excluding hydrogens is 256 g/mol. The number of H-pyrrole nitrogens is 1. The third-order valence-corrected chi connectivity index (χ3v) is 4.84. The summed E-state index contributed by atoms with van der Waals surface area (Å²) < 4.78 is 26.8. The number of carbonyl (C=O) groups is 1. The van der Waals surface area contributed by atoms with E-state index in [0.717, 1.165) is 18.9 Å². The second-order valence-electron chi connectivity index (χ2n) is 5.16. The molecule has 0 saturated heterocycles. The SMILES string of the molecule is CC(C)(NS(=O)(=O)c1c[nH]c(C(=O)O)c1)C1CC1. The molecule has 1 saturated carbocycles. The van der Waals surface area contributed by atoms with Gasteiger partial charge in [0, 0.05) is 11.7 Å². The van der Waals surface area contributed by atoms with Crippen molar-refractivity contribution in [3.63, 3.8) is 0 Å². The van der Waals surface area contributed by atoms with Crippen LogP contribution in [0.1, 0.15) is 37.2 Å². The third kappa shape index (κ3) is 2.56. The number of hydrogen-bond acceptors (Lipinski definition) is 3. The topological polar surface area (TPSA) is 99.3 Å². The lowest BCUT2D eigenvalue weighted by Gasteiger charge is -2.25. The molecule has 7 heteroatoms. The van der Waals surface area contributed by atoms with Crippen LogP contribution in [0.25, 0.3) is 0 Å². The van der Waals surface area contributed by atoms with Crippen LogP contribution in [0.15, 0.2) is 17.2 Å². The second-order valence-corrected chi connectivity index (χ2v) is 6.84. The van der Waals surface area contributed by atoms with E-state index < -0.39 is 21.5 Å². The highest BCUT2D eigenvalue weighted by Crippen LogP contribution is 2.39. The number of aromatic nitrogens is 1. The number of nitrogens with one attached hydrogen (secondary N) is 2. The van der Waals surface area contributed by atoms with Crippen molar-refractivity contribution in [3.8, 4) is 0 Å². The lowest BCUT2D eigenvalue weighted by atomic mass is 10.0. The van der Waals surface area contributed by atoms with Crippen LogP contribution in [0.2, 0.25) is 0 Å². The van der Waals surface area contributed by atoms with Gasteiger partial charge in [0.25, 0.3) is 0 Å². The number of carboxylic acids is 1. The molecular formula is C11H16N2O4S. The molecule has 18 heavy (non-hydrogen) atoms. The highest BCUT2D eigenvalue weighted by atomic mass is 32.2. The zero-order valence-electron chi connectivity index (χ0n) is 10.2. The number of sulfonamides is 1. The van der Waals surface area contributed by atoms with Gasteiger partial charge in [0.15, 0.2) is 0 Å². The highest BCUT2D eigenvalue weighted by Gasteiger charge is 2.40. The van der Waals surface area contributed by atoms with Crippen LogP contribution in [0.4, 0.5) is 0 Å². The summed E-state index contributed by atoms with van der Waals surface area (Å²) in [4.78, 5) is 13.1. The van der Waals surface area contributed by atoms with E-state index in [1.54, 1.807) is 0 Å². The van der Waals surface area contributed by atoms with E-state index in [9.17, 15) is 13.2 Å². The lowest BCUT2D eigenvalue weighted by Crippen LogP contribution is -2.44. The van der Waals surface area contributed by atoms with Gasteiger partial charge in [-0.25, -0.2) is 17.9 Å². The summed E-state index contributed by atoms with van der Waals surface area (Å²) in [5.74, 6) is -0.830. The van der Waals surface area contributed by atoms with Gasteiger partial charge in [-0.15, -0.1) is 0 Å². The predicted octanol–water partition coefficient (Wildman–Crippen LogP) is 1.18. The molecule has 2 rings (SSSR count). The van der Waals surface area contributed by atoms with Crippen LogP contribution >= 0.6 is 0 Å². The number of aromatic carboxylic acids is 1. The first-order valence-corrected chi connectivity index (χ1v) is 7.16. The van der Waals surface area contributed by atoms with E-state index in [-0.39, 0.29) is 10.6 Å². The van der Waals surface area contributed by atoms with E-state index >= 15 is 0 Å². The highest BCUT2D eigenvalue weighted by molar-refractivity contribution is 7.89. The summed E-state index contributed by atoms with van der Waals surface area (Å²) in [5.41, 5.74) is -0.640. The van der Waals surface area contributed by atoms with Gasteiger partial charge in [-0.3, -0.25) is 0 Å². The minimum absolute atomic E-state index is 0.0476. The lowest BCUT2D eigenvalue weighted by molar-refractivity contribution is 0.0691. The molecule has 100 valence electrons. The molecule has 6 nitrogen and oxygen atoms in total. The standard InChI is InChI=1S/C11H16N2O4S/c1-11(2,7-3-4-7)13-18(16,17)8-5-9(10(14)15)12-6-8/h5-7,12-13H,3-4H2,1-2H3,(H,14,15). The fourth-order valence-corrected chi connectivity index (χ4v) is 3.41. The maximum Gasteiger partial charge on any atom is 0.352 e. The summed E-state index contributed by atoms with van der Waals surface area (Å²) in [7, 11) is -3.68. The quantitative estimate of drug-likeness (QED) is 0.749. The minimum Gasteiger partial charge on any atom is -0.477 e. The summed E-state index contributed by atoms with van der Waals surface area (Å²) in [6.45, 7) is 3.68. The maximum atomic E-state index is 12.1. The zero-order chi connectivity index (χ0) is 13.6. The first kappa shape index (κ1) is 13.1. The Balaban J connectivity index is 2.22. The Morgan fingerprint density at radius 3 is 2.56 bits per heavy atom. The molecule has 1 aliphatic carbocycles. The van der Waals surface area contributed by atoms with Gasteiger partial charge in [-0.1, -0.05) is 0 Å². The first-order chi connectivity index (χ1) is 8.22. The molecule has 1 fully saturated rings. The molecule has 1 heterocycles. The average molecular weight is 272 g/mol. The normalized spacial score (nSPS) is 16.8. The second kappa shape index (κ2) is 4.10. The summed E-state index contributed by atoms with van der Waals surface area (Å²) in [5, 5.41) is 8.75. The Labute approximate surface area is 105 Å². The van der Waals surface area contributed by atoms with Crippen molar-refractivity contribution in [2.75, 3.05) is 0 Å². The largest absolute Gasteiger partial charge is 0.477 e. The molecule has 0 unspecified atom stereocenters. The molecule has 0 atom stereocenters. The Morgan fingerprint density at radius 1 is 1.50 bits per heavy atom. The summed E-state index contributed by atoms with van der Waals surface area (Å²) >= 11 is 0. The molecule has 1 aromatic rings. The van der Waals surface area contributed by atoms with Gasteiger partial charge in [0.1, 0.15) is 10.6 Å². The smallest absolute Gasteiger partial charge is 0.352 e. The van der Waals surface area contributed by atoms with Crippen molar-refractivity contribution >= 4 is 16.0 Å². The van der Waals surface area contributed by atoms with Gasteiger partial charge in [0.2, 0.25) is 10.0 Å². The van der Waals surface area contributed by atoms with Crippen molar-refractivity contribution in [1.29, 1.82) is 0 Å². The third-order valence-electron chi connectivity index (χ3n) is 3.19. The van der Waals surface area contributed by atoms with Gasteiger partial charge >= 0.3 is 5.97 Å². The molecule has 0 aliphatic heterocycles.